The topological polar surface area (TPSA) is 101 Å². The lowest BCUT2D eigenvalue weighted by Crippen LogP contribution is -2.65. The molecule has 3 N–H and O–H groups in total. The summed E-state index contributed by atoms with van der Waals surface area (Å²) < 4.78 is 18.9. The Morgan fingerprint density at radius 2 is 1.97 bits per heavy atom. The molecule has 1 atom stereocenters. The van der Waals surface area contributed by atoms with E-state index in [0.29, 0.717) is 38.6 Å². The Balaban J connectivity index is 1.32. The highest BCUT2D eigenvalue weighted by Crippen LogP contribution is 2.52. The Morgan fingerprint density at radius 3 is 2.62 bits per heavy atom. The maximum atomic E-state index is 13.6. The number of carbonyl (C=O) groups is 2. The van der Waals surface area contributed by atoms with Crippen LogP contribution in [0, 0.1) is 25.1 Å². The van der Waals surface area contributed by atoms with Crippen molar-refractivity contribution in [2.45, 2.75) is 64.1 Å². The molecule has 0 radical (unpaired) electrons. The molecule has 3 aliphatic carbocycles. The lowest BCUT2D eigenvalue weighted by atomic mass is 9.55. The molecule has 7 nitrogen and oxygen atoms in total. The molecule has 1 aromatic heterocycles. The van der Waals surface area contributed by atoms with Gasteiger partial charge in [-0.25, -0.2) is 4.39 Å². The van der Waals surface area contributed by atoms with E-state index in [1.165, 1.54) is 12.1 Å². The number of benzene rings is 1. The average Bonchev–Trinajstić information content (AvgIpc) is 2.79. The number of nitrogens with one attached hydrogen (secondary N) is 2. The highest BCUT2D eigenvalue weighted by molar-refractivity contribution is 6.30. The zero-order valence-electron chi connectivity index (χ0n) is 19.3. The lowest BCUT2D eigenvalue weighted by molar-refractivity contribution is -0.156. The van der Waals surface area contributed by atoms with Gasteiger partial charge in [0, 0.05) is 30.0 Å². The summed E-state index contributed by atoms with van der Waals surface area (Å²) in [6, 6.07) is 5.95. The van der Waals surface area contributed by atoms with Crippen molar-refractivity contribution in [1.82, 2.24) is 15.6 Å². The quantitative estimate of drug-likeness (QED) is 0.553. The molecule has 1 aromatic carbocycles. The fourth-order valence-corrected chi connectivity index (χ4v) is 5.26. The minimum Gasteiger partial charge on any atom is -0.484 e. The van der Waals surface area contributed by atoms with Gasteiger partial charge < -0.3 is 20.5 Å². The monoisotopic (exact) mass is 489 g/mol. The molecule has 0 aliphatic heterocycles. The van der Waals surface area contributed by atoms with Crippen LogP contribution in [0.1, 0.15) is 48.9 Å². The lowest BCUT2D eigenvalue weighted by Gasteiger charge is -2.55. The molecule has 2 bridgehead atoms. The number of ether oxygens (including phenoxy) is 1. The number of aliphatic hydroxyl groups is 1. The van der Waals surface area contributed by atoms with Crippen LogP contribution in [-0.2, 0) is 16.1 Å². The molecule has 9 heteroatoms. The first-order valence-corrected chi connectivity index (χ1v) is 11.8. The zero-order chi connectivity index (χ0) is 24.5. The third-order valence-electron chi connectivity index (χ3n) is 7.23. The van der Waals surface area contributed by atoms with Crippen LogP contribution < -0.4 is 15.4 Å². The molecule has 1 heterocycles. The SMILES string of the molecule is Cc1cc(C)c(CNC(=O)C23CCC(NC(=O)COc4ccc(Cl)c(F)c4)(CC2)CC3O)cn1. The van der Waals surface area contributed by atoms with Crippen molar-refractivity contribution in [1.29, 1.82) is 0 Å². The summed E-state index contributed by atoms with van der Waals surface area (Å²) in [5.41, 5.74) is 1.49. The molecule has 3 aliphatic rings. The Morgan fingerprint density at radius 1 is 1.24 bits per heavy atom. The summed E-state index contributed by atoms with van der Waals surface area (Å²) in [4.78, 5) is 30.0. The van der Waals surface area contributed by atoms with Crippen molar-refractivity contribution in [2.24, 2.45) is 5.41 Å². The summed E-state index contributed by atoms with van der Waals surface area (Å²) in [6.45, 7) is 3.98. The normalized spacial score (nSPS) is 25.6. The minimum absolute atomic E-state index is 0.0210. The van der Waals surface area contributed by atoms with Crippen LogP contribution in [0.5, 0.6) is 5.75 Å². The van der Waals surface area contributed by atoms with E-state index in [4.69, 9.17) is 16.3 Å². The maximum Gasteiger partial charge on any atom is 0.258 e. The summed E-state index contributed by atoms with van der Waals surface area (Å²) in [7, 11) is 0. The van der Waals surface area contributed by atoms with Gasteiger partial charge in [0.05, 0.1) is 16.5 Å². The van der Waals surface area contributed by atoms with Gasteiger partial charge in [0.25, 0.3) is 5.91 Å². The Labute approximate surface area is 203 Å². The van der Waals surface area contributed by atoms with Crippen LogP contribution in [0.3, 0.4) is 0 Å². The molecule has 182 valence electrons. The van der Waals surface area contributed by atoms with Crippen LogP contribution in [0.2, 0.25) is 5.02 Å². The Kier molecular flexibility index (Phi) is 6.82. The first-order chi connectivity index (χ1) is 16.1. The number of rotatable bonds is 7. The van der Waals surface area contributed by atoms with Gasteiger partial charge in [-0.2, -0.15) is 0 Å². The highest BCUT2D eigenvalue weighted by Gasteiger charge is 2.58. The largest absolute Gasteiger partial charge is 0.484 e. The predicted octanol–water partition coefficient (Wildman–Crippen LogP) is 3.37. The third-order valence-corrected chi connectivity index (χ3v) is 7.54. The smallest absolute Gasteiger partial charge is 0.258 e. The molecule has 3 fully saturated rings. The molecular formula is C25H29ClFN3O4. The standard InChI is InChI=1S/C25H29ClFN3O4/c1-15-9-16(2)28-12-17(15)13-29-23(33)25-7-5-24(6-8-25,11-21(25)31)30-22(32)14-34-18-3-4-19(26)20(27)10-18/h3-4,9-10,12,21,31H,5-8,11,13-14H2,1-2H3,(H,29,33)(H,30,32). The average molecular weight is 490 g/mol. The predicted molar refractivity (Wildman–Crippen MR) is 125 cm³/mol. The first-order valence-electron chi connectivity index (χ1n) is 11.4. The number of aliphatic hydroxyl groups excluding tert-OH is 1. The molecule has 0 spiro atoms. The van der Waals surface area contributed by atoms with Crippen LogP contribution in [0.4, 0.5) is 4.39 Å². The van der Waals surface area contributed by atoms with Crippen molar-refractivity contribution in [2.75, 3.05) is 6.61 Å². The van der Waals surface area contributed by atoms with E-state index in [0.717, 1.165) is 22.9 Å². The van der Waals surface area contributed by atoms with Crippen molar-refractivity contribution in [3.05, 3.63) is 58.1 Å². The van der Waals surface area contributed by atoms with Gasteiger partial charge in [-0.3, -0.25) is 14.6 Å². The molecule has 34 heavy (non-hydrogen) atoms. The van der Waals surface area contributed by atoms with Crippen LogP contribution in [-0.4, -0.2) is 40.2 Å². The number of fused-ring (bicyclic) bond motifs is 3. The van der Waals surface area contributed by atoms with Crippen LogP contribution in [0.15, 0.2) is 30.5 Å². The second kappa shape index (κ2) is 9.50. The summed E-state index contributed by atoms with van der Waals surface area (Å²) >= 11 is 5.66. The molecule has 0 saturated heterocycles. The van der Waals surface area contributed by atoms with Gasteiger partial charge in [0.2, 0.25) is 5.91 Å². The van der Waals surface area contributed by atoms with Crippen LogP contribution in [0.25, 0.3) is 0 Å². The second-order valence-corrected chi connectivity index (χ2v) is 9.91. The van der Waals surface area contributed by atoms with Crippen molar-refractivity contribution < 1.29 is 23.8 Å². The minimum atomic E-state index is -0.862. The molecular weight excluding hydrogens is 461 g/mol. The summed E-state index contributed by atoms with van der Waals surface area (Å²) in [6.07, 6.45) is 3.34. The number of halogens is 2. The number of pyridine rings is 1. The van der Waals surface area contributed by atoms with Gasteiger partial charge in [-0.15, -0.1) is 0 Å². The highest BCUT2D eigenvalue weighted by atomic mass is 35.5. The van der Waals surface area contributed by atoms with E-state index in [1.807, 2.05) is 19.9 Å². The van der Waals surface area contributed by atoms with E-state index in [1.54, 1.807) is 6.20 Å². The van der Waals surface area contributed by atoms with Crippen molar-refractivity contribution >= 4 is 23.4 Å². The van der Waals surface area contributed by atoms with Gasteiger partial charge in [-0.05, 0) is 75.3 Å². The fraction of sp³-hybridized carbons (Fsp3) is 0.480. The van der Waals surface area contributed by atoms with Gasteiger partial charge in [0.15, 0.2) is 6.61 Å². The zero-order valence-corrected chi connectivity index (χ0v) is 20.0. The Bertz CT molecular complexity index is 1100. The van der Waals surface area contributed by atoms with E-state index in [9.17, 15) is 19.1 Å². The van der Waals surface area contributed by atoms with Crippen molar-refractivity contribution in [3.63, 3.8) is 0 Å². The molecule has 2 amide bonds. The maximum absolute atomic E-state index is 13.6. The second-order valence-electron chi connectivity index (χ2n) is 9.50. The van der Waals surface area contributed by atoms with E-state index >= 15 is 0 Å². The number of hydrogen-bond acceptors (Lipinski definition) is 5. The van der Waals surface area contributed by atoms with Gasteiger partial charge in [-0.1, -0.05) is 11.6 Å². The summed E-state index contributed by atoms with van der Waals surface area (Å²) in [5.74, 6) is -0.933. The van der Waals surface area contributed by atoms with E-state index in [-0.39, 0.29) is 29.2 Å². The van der Waals surface area contributed by atoms with Crippen LogP contribution >= 0.6 is 11.6 Å². The summed E-state index contributed by atoms with van der Waals surface area (Å²) in [5, 5.41) is 16.9. The fourth-order valence-electron chi connectivity index (χ4n) is 5.14. The number of carbonyl (C=O) groups excluding carboxylic acids is 2. The number of aryl methyl sites for hydroxylation is 2. The van der Waals surface area contributed by atoms with E-state index in [2.05, 4.69) is 15.6 Å². The molecule has 2 aromatic rings. The third kappa shape index (κ3) is 4.88. The molecule has 1 unspecified atom stereocenters. The number of aromatic nitrogens is 1. The number of hydrogen-bond donors (Lipinski definition) is 3. The Hall–Kier alpha value is -2.71. The van der Waals surface area contributed by atoms with Crippen molar-refractivity contribution in [3.8, 4) is 5.75 Å². The molecule has 3 saturated carbocycles. The van der Waals surface area contributed by atoms with E-state index < -0.39 is 22.9 Å². The first kappa shape index (κ1) is 24.4. The number of nitrogens with zero attached hydrogens (tertiary/aromatic N) is 1. The number of amides is 2. The van der Waals surface area contributed by atoms with Gasteiger partial charge in [0.1, 0.15) is 11.6 Å². The van der Waals surface area contributed by atoms with Gasteiger partial charge >= 0.3 is 0 Å². The molecule has 5 rings (SSSR count).